The highest BCUT2D eigenvalue weighted by molar-refractivity contribution is 7.22. The van der Waals surface area contributed by atoms with E-state index in [1.54, 1.807) is 17.5 Å². The van der Waals surface area contributed by atoms with Crippen molar-refractivity contribution in [2.45, 2.75) is 32.9 Å². The van der Waals surface area contributed by atoms with Gasteiger partial charge in [0.05, 0.1) is 29.5 Å². The van der Waals surface area contributed by atoms with Crippen molar-refractivity contribution in [2.24, 2.45) is 7.05 Å². The molecule has 0 radical (unpaired) electrons. The summed E-state index contributed by atoms with van der Waals surface area (Å²) in [6.07, 6.45) is 5.72. The summed E-state index contributed by atoms with van der Waals surface area (Å²) in [6.45, 7) is 9.57. The van der Waals surface area contributed by atoms with Gasteiger partial charge in [-0.15, -0.1) is 11.3 Å². The van der Waals surface area contributed by atoms with E-state index in [9.17, 15) is 0 Å². The van der Waals surface area contributed by atoms with Crippen LogP contribution < -0.4 is 5.32 Å². The first kappa shape index (κ1) is 22.0. The Morgan fingerprint density at radius 1 is 1.24 bits per heavy atom. The number of thiophene rings is 1. The number of rotatable bonds is 6. The molecule has 174 valence electrons. The molecule has 5 rings (SSSR count). The van der Waals surface area contributed by atoms with Gasteiger partial charge in [-0.05, 0) is 39.4 Å². The Kier molecular flexibility index (Phi) is 5.90. The first-order valence-electron chi connectivity index (χ1n) is 11.3. The van der Waals surface area contributed by atoms with Crippen molar-refractivity contribution in [3.8, 4) is 22.2 Å². The van der Waals surface area contributed by atoms with Crippen molar-refractivity contribution in [3.05, 3.63) is 30.2 Å². The molecule has 1 aliphatic heterocycles. The number of imidazole rings is 1. The molecular formula is C23H30N8OS. The summed E-state index contributed by atoms with van der Waals surface area (Å²) in [5.41, 5.74) is 2.11. The molecule has 9 nitrogen and oxygen atoms in total. The summed E-state index contributed by atoms with van der Waals surface area (Å²) >= 11 is 1.66. The average molecular weight is 467 g/mol. The van der Waals surface area contributed by atoms with Crippen LogP contribution in [0.5, 0.6) is 0 Å². The highest BCUT2D eigenvalue weighted by Crippen LogP contribution is 2.40. The molecule has 33 heavy (non-hydrogen) atoms. The molecule has 1 saturated heterocycles. The number of hydrogen-bond acceptors (Lipinski definition) is 8. The lowest BCUT2D eigenvalue weighted by molar-refractivity contribution is 0.0109. The second kappa shape index (κ2) is 8.85. The summed E-state index contributed by atoms with van der Waals surface area (Å²) in [5, 5.41) is 9.46. The quantitative estimate of drug-likeness (QED) is 0.465. The number of fused-ring (bicyclic) bond motifs is 1. The third-order valence-electron chi connectivity index (χ3n) is 6.21. The largest absolute Gasteiger partial charge is 0.378 e. The Morgan fingerprint density at radius 3 is 2.79 bits per heavy atom. The van der Waals surface area contributed by atoms with Gasteiger partial charge in [0.1, 0.15) is 16.3 Å². The lowest BCUT2D eigenvalue weighted by Crippen LogP contribution is -2.46. The maximum absolute atomic E-state index is 5.70. The van der Waals surface area contributed by atoms with Gasteiger partial charge in [-0.2, -0.15) is 5.10 Å². The van der Waals surface area contributed by atoms with E-state index < -0.39 is 0 Å². The smallest absolute Gasteiger partial charge is 0.199 e. The van der Waals surface area contributed by atoms with E-state index in [-0.39, 0.29) is 0 Å². The van der Waals surface area contributed by atoms with E-state index in [0.29, 0.717) is 24.5 Å². The number of aryl methyl sites for hydroxylation is 2. The predicted octanol–water partition coefficient (Wildman–Crippen LogP) is 3.59. The lowest BCUT2D eigenvalue weighted by atomic mass is 10.1. The molecule has 5 heterocycles. The van der Waals surface area contributed by atoms with Gasteiger partial charge >= 0.3 is 0 Å². The molecule has 0 spiro atoms. The predicted molar refractivity (Wildman–Crippen MR) is 132 cm³/mol. The molecule has 1 aliphatic rings. The minimum Gasteiger partial charge on any atom is -0.378 e. The van der Waals surface area contributed by atoms with Crippen LogP contribution in [0.1, 0.15) is 25.5 Å². The molecule has 4 aromatic heterocycles. The van der Waals surface area contributed by atoms with Crippen LogP contribution in [0.4, 0.5) is 5.82 Å². The van der Waals surface area contributed by atoms with Crippen LogP contribution in [0.15, 0.2) is 24.7 Å². The molecule has 0 saturated carbocycles. The second-order valence-corrected chi connectivity index (χ2v) is 9.86. The van der Waals surface area contributed by atoms with E-state index in [1.807, 2.05) is 28.7 Å². The van der Waals surface area contributed by atoms with Gasteiger partial charge in [-0.25, -0.2) is 15.0 Å². The number of morpholine rings is 1. The normalized spacial score (nSPS) is 17.3. The Morgan fingerprint density at radius 2 is 2.09 bits per heavy atom. The fourth-order valence-electron chi connectivity index (χ4n) is 4.11. The van der Waals surface area contributed by atoms with Gasteiger partial charge in [-0.1, -0.05) is 0 Å². The highest BCUT2D eigenvalue weighted by Gasteiger charge is 2.23. The first-order valence-corrected chi connectivity index (χ1v) is 12.1. The van der Waals surface area contributed by atoms with Gasteiger partial charge in [0.15, 0.2) is 11.6 Å². The zero-order valence-corrected chi connectivity index (χ0v) is 20.6. The molecule has 0 aliphatic carbocycles. The molecule has 4 aromatic rings. The van der Waals surface area contributed by atoms with E-state index in [2.05, 4.69) is 49.1 Å². The van der Waals surface area contributed by atoms with E-state index >= 15 is 0 Å². The van der Waals surface area contributed by atoms with Crippen molar-refractivity contribution >= 4 is 27.4 Å². The van der Waals surface area contributed by atoms with E-state index in [0.717, 1.165) is 57.7 Å². The second-order valence-electron chi connectivity index (χ2n) is 8.86. The molecule has 0 aromatic carbocycles. The monoisotopic (exact) mass is 466 g/mol. The summed E-state index contributed by atoms with van der Waals surface area (Å²) in [4.78, 5) is 18.7. The van der Waals surface area contributed by atoms with Gasteiger partial charge < -0.3 is 14.6 Å². The molecule has 0 bridgehead atoms. The Bertz CT molecular complexity index is 1270. The number of nitrogens with zero attached hydrogens (tertiary/aromatic N) is 7. The van der Waals surface area contributed by atoms with Crippen LogP contribution in [0.25, 0.3) is 32.4 Å². The Balaban J connectivity index is 1.59. The standard InChI is InChI=1S/C23H30N8OS/c1-14(2)31-8-6-17(28-31)19-15(3)18-20(25-12-16-13-32-11-10-29(16)4)26-21(27-23(18)33-19)22-24-7-9-30(22)5/h6-9,14,16H,10-13H2,1-5H3,(H,25,26,27). The molecule has 10 heteroatoms. The zero-order valence-electron chi connectivity index (χ0n) is 19.7. The number of likely N-dealkylation sites (N-methyl/N-ethyl adjacent to an activating group) is 1. The molecule has 1 N–H and O–H groups in total. The summed E-state index contributed by atoms with van der Waals surface area (Å²) < 4.78 is 9.63. The van der Waals surface area contributed by atoms with Crippen LogP contribution in [0.2, 0.25) is 0 Å². The number of ether oxygens (including phenoxy) is 1. The topological polar surface area (TPSA) is 85.9 Å². The third kappa shape index (κ3) is 4.14. The van der Waals surface area contributed by atoms with E-state index in [4.69, 9.17) is 19.8 Å². The average Bonchev–Trinajstić information content (AvgIpc) is 3.52. The van der Waals surface area contributed by atoms with Crippen LogP contribution in [-0.4, -0.2) is 73.6 Å². The van der Waals surface area contributed by atoms with Crippen LogP contribution in [-0.2, 0) is 11.8 Å². The summed E-state index contributed by atoms with van der Waals surface area (Å²) in [5.74, 6) is 2.20. The van der Waals surface area contributed by atoms with Crippen molar-refractivity contribution < 1.29 is 4.74 Å². The van der Waals surface area contributed by atoms with E-state index in [1.165, 1.54) is 0 Å². The van der Waals surface area contributed by atoms with Gasteiger partial charge in [0.25, 0.3) is 0 Å². The van der Waals surface area contributed by atoms with Gasteiger partial charge in [0, 0.05) is 44.8 Å². The Labute approximate surface area is 197 Å². The maximum Gasteiger partial charge on any atom is 0.199 e. The first-order chi connectivity index (χ1) is 15.9. The molecule has 1 atom stereocenters. The number of anilines is 1. The van der Waals surface area contributed by atoms with Crippen LogP contribution in [0.3, 0.4) is 0 Å². The van der Waals surface area contributed by atoms with Crippen LogP contribution >= 0.6 is 11.3 Å². The fourth-order valence-corrected chi connectivity index (χ4v) is 5.25. The summed E-state index contributed by atoms with van der Waals surface area (Å²) in [6, 6.07) is 2.68. The maximum atomic E-state index is 5.70. The summed E-state index contributed by atoms with van der Waals surface area (Å²) in [7, 11) is 4.10. The Hall–Kier alpha value is -2.82. The molecule has 0 amide bonds. The fraction of sp³-hybridized carbons (Fsp3) is 0.478. The lowest BCUT2D eigenvalue weighted by Gasteiger charge is -2.32. The number of hydrogen-bond donors (Lipinski definition) is 1. The number of aromatic nitrogens is 6. The highest BCUT2D eigenvalue weighted by atomic mass is 32.1. The van der Waals surface area contributed by atoms with Crippen molar-refractivity contribution in [1.29, 1.82) is 0 Å². The van der Waals surface area contributed by atoms with Crippen molar-refractivity contribution in [2.75, 3.05) is 38.7 Å². The van der Waals surface area contributed by atoms with Crippen molar-refractivity contribution in [3.63, 3.8) is 0 Å². The molecule has 1 unspecified atom stereocenters. The molecule has 1 fully saturated rings. The van der Waals surface area contributed by atoms with Crippen LogP contribution in [0, 0.1) is 6.92 Å². The van der Waals surface area contributed by atoms with Gasteiger partial charge in [0.2, 0.25) is 0 Å². The SMILES string of the molecule is Cc1c(-c2ccn(C(C)C)n2)sc2nc(-c3nccn3C)nc(NCC3COCCN3C)c12. The van der Waals surface area contributed by atoms with Crippen molar-refractivity contribution in [1.82, 2.24) is 34.2 Å². The minimum atomic E-state index is 0.292. The third-order valence-corrected chi connectivity index (χ3v) is 7.42. The minimum absolute atomic E-state index is 0.292. The zero-order chi connectivity index (χ0) is 23.1. The molecular weight excluding hydrogens is 436 g/mol. The number of nitrogens with one attached hydrogen (secondary N) is 1. The van der Waals surface area contributed by atoms with Gasteiger partial charge in [-0.3, -0.25) is 9.58 Å².